The molecule has 106 valence electrons. The van der Waals surface area contributed by atoms with Gasteiger partial charge in [0, 0.05) is 10.6 Å². The second-order valence-electron chi connectivity index (χ2n) is 3.90. The Hall–Kier alpha value is -0.420. The molecule has 0 atom stereocenters. The standard InChI is InChI=1S/C14H10Br2Cl2O2/c1-19-13-5-11(16)14(6-10(13)15)20-12-4-9(18)3-2-8(12)7-17/h2-6H,7H2,1H3. The van der Waals surface area contributed by atoms with Crippen molar-refractivity contribution in [3.05, 3.63) is 49.9 Å². The Morgan fingerprint density at radius 2 is 1.65 bits per heavy atom. The fourth-order valence-corrected chi connectivity index (χ4v) is 2.87. The number of ether oxygens (including phenoxy) is 2. The zero-order valence-electron chi connectivity index (χ0n) is 10.4. The van der Waals surface area contributed by atoms with Crippen LogP contribution in [0, 0.1) is 0 Å². The van der Waals surface area contributed by atoms with Crippen molar-refractivity contribution < 1.29 is 9.47 Å². The first-order valence-electron chi connectivity index (χ1n) is 5.60. The lowest BCUT2D eigenvalue weighted by Gasteiger charge is -2.13. The van der Waals surface area contributed by atoms with Crippen molar-refractivity contribution in [1.82, 2.24) is 0 Å². The molecule has 0 aliphatic heterocycles. The summed E-state index contributed by atoms with van der Waals surface area (Å²) < 4.78 is 12.7. The molecule has 0 heterocycles. The topological polar surface area (TPSA) is 18.5 Å². The van der Waals surface area contributed by atoms with Crippen LogP contribution in [-0.4, -0.2) is 7.11 Å². The molecule has 2 rings (SSSR count). The molecule has 20 heavy (non-hydrogen) atoms. The van der Waals surface area contributed by atoms with Crippen molar-refractivity contribution in [1.29, 1.82) is 0 Å². The Labute approximate surface area is 144 Å². The fourth-order valence-electron chi connectivity index (χ4n) is 1.60. The van der Waals surface area contributed by atoms with Gasteiger partial charge in [-0.2, -0.15) is 0 Å². The third-order valence-corrected chi connectivity index (χ3v) is 4.36. The van der Waals surface area contributed by atoms with Crippen LogP contribution >= 0.6 is 55.1 Å². The summed E-state index contributed by atoms with van der Waals surface area (Å²) in [7, 11) is 1.61. The van der Waals surface area contributed by atoms with E-state index in [-0.39, 0.29) is 0 Å². The third-order valence-electron chi connectivity index (χ3n) is 2.60. The zero-order valence-corrected chi connectivity index (χ0v) is 15.1. The van der Waals surface area contributed by atoms with Crippen LogP contribution in [0.2, 0.25) is 5.02 Å². The monoisotopic (exact) mass is 438 g/mol. The molecule has 0 aromatic heterocycles. The van der Waals surface area contributed by atoms with Crippen molar-refractivity contribution in [3.8, 4) is 17.2 Å². The quantitative estimate of drug-likeness (QED) is 0.512. The van der Waals surface area contributed by atoms with Gasteiger partial charge in [0.25, 0.3) is 0 Å². The minimum absolute atomic E-state index is 0.349. The van der Waals surface area contributed by atoms with Gasteiger partial charge in [0.05, 0.1) is 21.9 Å². The van der Waals surface area contributed by atoms with E-state index in [0.717, 1.165) is 14.5 Å². The highest BCUT2D eigenvalue weighted by atomic mass is 79.9. The predicted octanol–water partition coefficient (Wildman–Crippen LogP) is 6.40. The Kier molecular flexibility index (Phi) is 5.61. The van der Waals surface area contributed by atoms with Crippen molar-refractivity contribution in [2.24, 2.45) is 0 Å². The highest BCUT2D eigenvalue weighted by Crippen LogP contribution is 2.39. The van der Waals surface area contributed by atoms with E-state index in [9.17, 15) is 0 Å². The summed E-state index contributed by atoms with van der Waals surface area (Å²) in [6, 6.07) is 9.01. The van der Waals surface area contributed by atoms with Crippen molar-refractivity contribution in [3.63, 3.8) is 0 Å². The van der Waals surface area contributed by atoms with Crippen LogP contribution in [0.5, 0.6) is 17.2 Å². The van der Waals surface area contributed by atoms with Crippen molar-refractivity contribution in [2.45, 2.75) is 5.88 Å². The van der Waals surface area contributed by atoms with Gasteiger partial charge in [-0.05, 0) is 56.1 Å². The average Bonchev–Trinajstić information content (AvgIpc) is 2.42. The molecule has 0 bridgehead atoms. The van der Waals surface area contributed by atoms with E-state index in [0.29, 0.717) is 28.2 Å². The minimum Gasteiger partial charge on any atom is -0.496 e. The minimum atomic E-state index is 0.349. The molecule has 0 aliphatic rings. The van der Waals surface area contributed by atoms with Crippen LogP contribution in [0.3, 0.4) is 0 Å². The van der Waals surface area contributed by atoms with Crippen LogP contribution in [0.25, 0.3) is 0 Å². The van der Waals surface area contributed by atoms with Crippen molar-refractivity contribution >= 4 is 55.1 Å². The van der Waals surface area contributed by atoms with Gasteiger partial charge in [-0.1, -0.05) is 17.7 Å². The van der Waals surface area contributed by atoms with E-state index in [1.165, 1.54) is 0 Å². The normalized spacial score (nSPS) is 10.4. The van der Waals surface area contributed by atoms with E-state index < -0.39 is 0 Å². The van der Waals surface area contributed by atoms with E-state index in [4.69, 9.17) is 32.7 Å². The molecular formula is C14H10Br2Cl2O2. The summed E-state index contributed by atoms with van der Waals surface area (Å²) in [6.45, 7) is 0. The van der Waals surface area contributed by atoms with Gasteiger partial charge in [0.2, 0.25) is 0 Å². The second kappa shape index (κ2) is 7.03. The van der Waals surface area contributed by atoms with Gasteiger partial charge in [0.1, 0.15) is 17.2 Å². The maximum atomic E-state index is 5.99. The van der Waals surface area contributed by atoms with E-state index in [1.807, 2.05) is 18.2 Å². The Morgan fingerprint density at radius 1 is 1.00 bits per heavy atom. The highest BCUT2D eigenvalue weighted by molar-refractivity contribution is 9.11. The molecule has 0 saturated heterocycles. The summed E-state index contributed by atoms with van der Waals surface area (Å²) in [5, 5.41) is 0.595. The van der Waals surface area contributed by atoms with E-state index >= 15 is 0 Å². The molecule has 0 fully saturated rings. The molecule has 0 aliphatic carbocycles. The SMILES string of the molecule is COc1cc(Br)c(Oc2cc(Cl)ccc2CCl)cc1Br. The Balaban J connectivity index is 2.39. The van der Waals surface area contributed by atoms with Crippen LogP contribution in [-0.2, 0) is 5.88 Å². The molecule has 6 heteroatoms. The molecule has 0 saturated carbocycles. The lowest BCUT2D eigenvalue weighted by Crippen LogP contribution is -1.92. The van der Waals surface area contributed by atoms with Gasteiger partial charge >= 0.3 is 0 Å². The Bertz CT molecular complexity index is 633. The number of benzene rings is 2. The second-order valence-corrected chi connectivity index (χ2v) is 6.32. The van der Waals surface area contributed by atoms with Gasteiger partial charge < -0.3 is 9.47 Å². The number of hydrogen-bond acceptors (Lipinski definition) is 2. The Morgan fingerprint density at radius 3 is 2.30 bits per heavy atom. The third kappa shape index (κ3) is 3.61. The molecule has 0 radical (unpaired) electrons. The molecule has 2 nitrogen and oxygen atoms in total. The molecule has 0 amide bonds. The van der Waals surface area contributed by atoms with Crippen LogP contribution in [0.15, 0.2) is 39.3 Å². The summed E-state index contributed by atoms with van der Waals surface area (Å²) >= 11 is 18.8. The van der Waals surface area contributed by atoms with Crippen LogP contribution in [0.1, 0.15) is 5.56 Å². The summed E-state index contributed by atoms with van der Waals surface area (Å²) in [6.07, 6.45) is 0. The van der Waals surface area contributed by atoms with Gasteiger partial charge in [-0.25, -0.2) is 0 Å². The molecule has 2 aromatic carbocycles. The van der Waals surface area contributed by atoms with Crippen LogP contribution in [0.4, 0.5) is 0 Å². The zero-order chi connectivity index (χ0) is 14.7. The smallest absolute Gasteiger partial charge is 0.143 e. The van der Waals surface area contributed by atoms with Crippen LogP contribution < -0.4 is 9.47 Å². The maximum Gasteiger partial charge on any atom is 0.143 e. The number of methoxy groups -OCH3 is 1. The first kappa shape index (κ1) is 16.0. The average molecular weight is 441 g/mol. The largest absolute Gasteiger partial charge is 0.496 e. The van der Waals surface area contributed by atoms with Gasteiger partial charge in [-0.3, -0.25) is 0 Å². The lowest BCUT2D eigenvalue weighted by molar-refractivity contribution is 0.409. The number of halogens is 4. The first-order valence-corrected chi connectivity index (χ1v) is 8.10. The van der Waals surface area contributed by atoms with E-state index in [1.54, 1.807) is 19.2 Å². The number of alkyl halides is 1. The summed E-state index contributed by atoms with van der Waals surface area (Å²) in [5.41, 5.74) is 0.870. The lowest BCUT2D eigenvalue weighted by atomic mass is 10.2. The van der Waals surface area contributed by atoms with Gasteiger partial charge in [0.15, 0.2) is 0 Å². The predicted molar refractivity (Wildman–Crippen MR) is 89.5 cm³/mol. The van der Waals surface area contributed by atoms with E-state index in [2.05, 4.69) is 31.9 Å². The molecular weight excluding hydrogens is 431 g/mol. The number of hydrogen-bond donors (Lipinski definition) is 0. The molecule has 0 N–H and O–H groups in total. The molecule has 0 spiro atoms. The van der Waals surface area contributed by atoms with Crippen molar-refractivity contribution in [2.75, 3.05) is 7.11 Å². The number of rotatable bonds is 4. The highest BCUT2D eigenvalue weighted by Gasteiger charge is 2.11. The molecule has 2 aromatic rings. The maximum absolute atomic E-state index is 5.99. The first-order chi connectivity index (χ1) is 9.55. The fraction of sp³-hybridized carbons (Fsp3) is 0.143. The summed E-state index contributed by atoms with van der Waals surface area (Å²) in [5.74, 6) is 2.34. The summed E-state index contributed by atoms with van der Waals surface area (Å²) in [4.78, 5) is 0. The molecule has 0 unspecified atom stereocenters. The van der Waals surface area contributed by atoms with Gasteiger partial charge in [-0.15, -0.1) is 11.6 Å².